The van der Waals surface area contributed by atoms with Crippen LogP contribution in [0.1, 0.15) is 89.8 Å². The largest absolute Gasteiger partial charge is 0.395 e. The highest BCUT2D eigenvalue weighted by molar-refractivity contribution is 7.86. The number of aliphatic hydroxyl groups is 2. The molecule has 9 rings (SSSR count). The molecular formula is C65H78N18O12S4. The number of rotatable bonds is 31. The van der Waals surface area contributed by atoms with Crippen molar-refractivity contribution in [3.05, 3.63) is 106 Å². The van der Waals surface area contributed by atoms with Gasteiger partial charge in [0.2, 0.25) is 28.1 Å². The summed E-state index contributed by atoms with van der Waals surface area (Å²) in [6, 6.07) is 21.5. The first-order chi connectivity index (χ1) is 47.5. The molecule has 0 aliphatic carbocycles. The number of azo groups is 2. The van der Waals surface area contributed by atoms with Gasteiger partial charge in [-0.25, -0.2) is 0 Å². The summed E-state index contributed by atoms with van der Waals surface area (Å²) in [4.78, 5) is 88.1. The summed E-state index contributed by atoms with van der Waals surface area (Å²) in [5.74, 6) is -2.12. The molecule has 4 aromatic carbocycles. The van der Waals surface area contributed by atoms with Gasteiger partial charge in [0.05, 0.1) is 56.9 Å². The van der Waals surface area contributed by atoms with Crippen molar-refractivity contribution >= 4 is 164 Å². The molecule has 0 radical (unpaired) electrons. The number of nitrogens with zero attached hydrogens (tertiary/aromatic N) is 14. The van der Waals surface area contributed by atoms with Crippen LogP contribution in [0.2, 0.25) is 0 Å². The van der Waals surface area contributed by atoms with Crippen molar-refractivity contribution in [3.8, 4) is 0 Å². The zero-order chi connectivity index (χ0) is 71.0. The molecule has 524 valence electrons. The lowest BCUT2D eigenvalue weighted by Crippen LogP contribution is -2.31. The van der Waals surface area contributed by atoms with Crippen LogP contribution in [0.25, 0.3) is 12.2 Å². The molecule has 34 heteroatoms. The van der Waals surface area contributed by atoms with Gasteiger partial charge in [0, 0.05) is 76.8 Å². The Kier molecular flexibility index (Phi) is 25.2. The number of Topliss-reactive ketones (excluding diaryl/α,β-unsaturated/α-hetero) is 2. The number of carbonyl (C=O) groups excluding carboxylic acids is 4. The highest BCUT2D eigenvalue weighted by atomic mass is 32.2. The van der Waals surface area contributed by atoms with Crippen LogP contribution in [0.3, 0.4) is 0 Å². The van der Waals surface area contributed by atoms with E-state index >= 15 is 0 Å². The number of nitrogens with one attached hydrogen (secondary N) is 4. The number of aliphatic hydroxyl groups excluding tert-OH is 2. The highest BCUT2D eigenvalue weighted by Crippen LogP contribution is 2.41. The smallest absolute Gasteiger partial charge is 0.296 e. The monoisotopic (exact) mass is 1430 g/mol. The van der Waals surface area contributed by atoms with Gasteiger partial charge in [-0.3, -0.25) is 28.3 Å². The Bertz CT molecular complexity index is 4170. The normalized spacial score (nSPS) is 14.0. The van der Waals surface area contributed by atoms with Gasteiger partial charge in [-0.2, -0.15) is 41.8 Å². The third kappa shape index (κ3) is 19.0. The number of thiazole rings is 2. The van der Waals surface area contributed by atoms with Gasteiger partial charge in [-0.1, -0.05) is 46.9 Å². The molecule has 0 bridgehead atoms. The number of benzene rings is 4. The number of carbonyl (C=O) groups is 4. The molecule has 2 saturated heterocycles. The first kappa shape index (κ1) is 73.7. The highest BCUT2D eigenvalue weighted by Gasteiger charge is 2.28. The predicted octanol–water partition coefficient (Wildman–Crippen LogP) is 11.3. The van der Waals surface area contributed by atoms with E-state index in [4.69, 9.17) is 35.1 Å². The fourth-order valence-electron chi connectivity index (χ4n) is 11.0. The number of hydrogen-bond acceptors (Lipinski definition) is 28. The lowest BCUT2D eigenvalue weighted by atomic mass is 10.1. The number of amides is 2. The van der Waals surface area contributed by atoms with Gasteiger partial charge < -0.3 is 56.0 Å². The van der Waals surface area contributed by atoms with Crippen molar-refractivity contribution in [2.24, 2.45) is 20.5 Å². The molecule has 5 heterocycles. The molecule has 3 aromatic heterocycles. The van der Waals surface area contributed by atoms with Crippen molar-refractivity contribution < 1.29 is 55.3 Å². The molecule has 30 nitrogen and oxygen atoms in total. The fraction of sp³-hybridized carbons (Fsp3) is 0.369. The van der Waals surface area contributed by atoms with Crippen LogP contribution in [0.5, 0.6) is 0 Å². The minimum Gasteiger partial charge on any atom is -0.395 e. The molecule has 0 atom stereocenters. The zero-order valence-electron chi connectivity index (χ0n) is 55.4. The Morgan fingerprint density at radius 1 is 0.515 bits per heavy atom. The summed E-state index contributed by atoms with van der Waals surface area (Å²) in [7, 11) is -9.50. The second kappa shape index (κ2) is 33.8. The Hall–Kier alpha value is -9.55. The average molecular weight is 1430 g/mol. The first-order valence-electron chi connectivity index (χ1n) is 32.1. The third-order valence-corrected chi connectivity index (χ3v) is 19.6. The zero-order valence-corrected chi connectivity index (χ0v) is 58.7. The minimum absolute atomic E-state index is 0.00207. The van der Waals surface area contributed by atoms with E-state index in [1.165, 1.54) is 62.4 Å². The number of ketones is 2. The summed E-state index contributed by atoms with van der Waals surface area (Å²) in [6.45, 7) is 15.0. The predicted molar refractivity (Wildman–Crippen MR) is 385 cm³/mol. The number of aromatic nitrogens is 5. The van der Waals surface area contributed by atoms with Crippen LogP contribution in [0.4, 0.5) is 85.2 Å². The summed E-state index contributed by atoms with van der Waals surface area (Å²) in [5, 5.41) is 51.3. The quantitative estimate of drug-likeness (QED) is 0.00658. The maximum Gasteiger partial charge on any atom is 0.296 e. The second-order valence-corrected chi connectivity index (χ2v) is 27.5. The molecule has 2 aliphatic heterocycles. The van der Waals surface area contributed by atoms with Crippen LogP contribution >= 0.6 is 22.7 Å². The molecule has 0 unspecified atom stereocenters. The summed E-state index contributed by atoms with van der Waals surface area (Å²) < 4.78 is 68.6. The molecule has 2 aliphatic rings. The van der Waals surface area contributed by atoms with E-state index in [1.54, 1.807) is 17.0 Å². The van der Waals surface area contributed by atoms with E-state index in [2.05, 4.69) is 41.3 Å². The van der Waals surface area contributed by atoms with E-state index in [1.807, 2.05) is 61.8 Å². The fourth-order valence-corrected chi connectivity index (χ4v) is 14.0. The molecule has 7 aromatic rings. The van der Waals surface area contributed by atoms with Crippen molar-refractivity contribution in [1.29, 1.82) is 0 Å². The van der Waals surface area contributed by atoms with Crippen LogP contribution in [-0.4, -0.2) is 163 Å². The molecule has 8 N–H and O–H groups in total. The van der Waals surface area contributed by atoms with Gasteiger partial charge in [0.15, 0.2) is 11.6 Å². The number of piperidine rings is 2. The van der Waals surface area contributed by atoms with Crippen molar-refractivity contribution in [3.63, 3.8) is 0 Å². The lowest BCUT2D eigenvalue weighted by Gasteiger charge is -2.27. The van der Waals surface area contributed by atoms with Gasteiger partial charge in [-0.05, 0) is 153 Å². The molecule has 0 spiro atoms. The van der Waals surface area contributed by atoms with E-state index in [9.17, 15) is 55.3 Å². The third-order valence-electron chi connectivity index (χ3n) is 16.0. The minimum atomic E-state index is -4.75. The molecule has 2 fully saturated rings. The van der Waals surface area contributed by atoms with Crippen LogP contribution in [-0.2, 0) is 39.4 Å². The molecule has 2 amide bonds. The SMILES string of the molecule is CCN(CC)c1ccc(/N=N/c2nc(N3CCCCC3)c(C=C(C(C)=O)C(=O)Nc3ccccc3S(=O)(=O)O)s2)c(Nc2nc(Nc3cc(N(CC)CC)ccc3/N=N/c3nc(N4CCCCC4)c(/C=C(\C(C)=O)C(=O)Nc4ccccc4S(=O)(=O)O)s3)nc(N(CCO)CCO)n2)c1. The van der Waals surface area contributed by atoms with E-state index < -0.39 is 53.4 Å². The number of anilines is 11. The summed E-state index contributed by atoms with van der Waals surface area (Å²) in [6.07, 6.45) is 8.18. The maximum absolute atomic E-state index is 13.9. The van der Waals surface area contributed by atoms with Crippen molar-refractivity contribution in [2.75, 3.05) is 124 Å². The van der Waals surface area contributed by atoms with Crippen LogP contribution < -0.4 is 45.8 Å². The van der Waals surface area contributed by atoms with E-state index in [0.717, 1.165) is 84.7 Å². The summed E-state index contributed by atoms with van der Waals surface area (Å²) in [5.41, 5.74) is 1.90. The van der Waals surface area contributed by atoms with Gasteiger partial charge in [-0.15, -0.1) is 20.5 Å². The lowest BCUT2D eigenvalue weighted by molar-refractivity contribution is -0.120. The Morgan fingerprint density at radius 3 is 1.25 bits per heavy atom. The maximum atomic E-state index is 13.9. The van der Waals surface area contributed by atoms with Crippen molar-refractivity contribution in [2.45, 2.75) is 89.9 Å². The van der Waals surface area contributed by atoms with E-state index in [0.29, 0.717) is 96.5 Å². The Labute approximate surface area is 581 Å². The Balaban J connectivity index is 1.10. The Morgan fingerprint density at radius 2 is 0.899 bits per heavy atom. The molecular weight excluding hydrogens is 1350 g/mol. The van der Waals surface area contributed by atoms with Crippen LogP contribution in [0, 0.1) is 0 Å². The van der Waals surface area contributed by atoms with Crippen molar-refractivity contribution in [1.82, 2.24) is 24.9 Å². The second-order valence-electron chi connectivity index (χ2n) is 22.7. The number of para-hydroxylation sites is 2. The topological polar surface area (TPSA) is 396 Å². The number of hydrogen-bond donors (Lipinski definition) is 8. The van der Waals surface area contributed by atoms with Gasteiger partial charge in [0.25, 0.3) is 32.1 Å². The van der Waals surface area contributed by atoms with E-state index in [-0.39, 0.29) is 76.9 Å². The van der Waals surface area contributed by atoms with Gasteiger partial charge in [0.1, 0.15) is 32.8 Å². The first-order valence-corrected chi connectivity index (χ1v) is 36.6. The summed E-state index contributed by atoms with van der Waals surface area (Å²) >= 11 is 2.14. The molecule has 99 heavy (non-hydrogen) atoms. The van der Waals surface area contributed by atoms with Crippen LogP contribution in [0.15, 0.2) is 126 Å². The molecule has 0 saturated carbocycles. The average Bonchev–Trinajstić information content (AvgIpc) is 1.76. The standard InChI is InChI=1S/C65H78N18O12S4/c1-7-79(8-2)43-25-27-47(75-77-64-70-57(81-29-17-11-18-30-81)53(96-64)39-45(41(5)86)59(88)66-49-21-13-15-23-55(49)98(90,91)92)51(37-43)68-61-72-62(74-63(73-61)83(33-35-84)34-36-85)69-52-38-44(80(9-3)10-4)26-28-48(52)76-78-65-71-58(82-31-19-12-20-32-82)54(97-65)40-46(42(6)87)60(89)67-50-22-14-16-24-56(50)99(93,94)95/h13-16,21-28,37-40,84-85H,7-12,17-20,29-36H2,1-6H3,(H,66,88)(H,67,89)(H,90,91,92)(H,93,94,95)(H2,68,69,72,73,74)/b45-39+,46-40?,77-75+,78-76+. The van der Waals surface area contributed by atoms with Gasteiger partial charge >= 0.3 is 0 Å².